The third kappa shape index (κ3) is 2.83. The van der Waals surface area contributed by atoms with Crippen molar-refractivity contribution in [1.82, 2.24) is 0 Å². The molecule has 1 N–H and O–H groups in total. The van der Waals surface area contributed by atoms with E-state index in [1.54, 1.807) is 0 Å². The van der Waals surface area contributed by atoms with E-state index in [4.69, 9.17) is 16.3 Å². The molecule has 0 aliphatic rings. The van der Waals surface area contributed by atoms with E-state index in [-0.39, 0.29) is 17.3 Å². The van der Waals surface area contributed by atoms with E-state index < -0.39 is 10.8 Å². The number of benzene rings is 1. The Bertz CT molecular complexity index is 422. The highest BCUT2D eigenvalue weighted by atomic mass is 35.5. The summed E-state index contributed by atoms with van der Waals surface area (Å²) in [6, 6.07) is 3.90. The van der Waals surface area contributed by atoms with Gasteiger partial charge in [0, 0.05) is 12.1 Å². The summed E-state index contributed by atoms with van der Waals surface area (Å²) in [5.74, 6) is -0.351. The summed E-state index contributed by atoms with van der Waals surface area (Å²) >= 11 is 5.31. The highest BCUT2D eigenvalue weighted by molar-refractivity contribution is 6.29. The van der Waals surface area contributed by atoms with E-state index in [0.717, 1.165) is 0 Å². The van der Waals surface area contributed by atoms with Gasteiger partial charge in [-0.15, -0.1) is 11.6 Å². The number of hydrogen-bond donors (Lipinski definition) is 1. The van der Waals surface area contributed by atoms with Gasteiger partial charge in [-0.2, -0.15) is 0 Å². The van der Waals surface area contributed by atoms with Gasteiger partial charge in [-0.25, -0.2) is 0 Å². The van der Waals surface area contributed by atoms with Gasteiger partial charge in [0.1, 0.15) is 11.6 Å². The number of methoxy groups -OCH3 is 1. The van der Waals surface area contributed by atoms with Crippen LogP contribution in [-0.2, 0) is 4.79 Å². The van der Waals surface area contributed by atoms with Gasteiger partial charge in [-0.05, 0) is 6.07 Å². The number of anilines is 1. The zero-order valence-corrected chi connectivity index (χ0v) is 9.15. The summed E-state index contributed by atoms with van der Waals surface area (Å²) in [4.78, 5) is 21.0. The van der Waals surface area contributed by atoms with Crippen molar-refractivity contribution in [2.45, 2.75) is 0 Å². The molecular weight excluding hydrogens is 236 g/mol. The van der Waals surface area contributed by atoms with Gasteiger partial charge in [0.15, 0.2) is 0 Å². The molecule has 0 spiro atoms. The molecule has 0 unspecified atom stereocenters. The summed E-state index contributed by atoms with van der Waals surface area (Å²) in [5, 5.41) is 12.9. The van der Waals surface area contributed by atoms with Gasteiger partial charge in [-0.3, -0.25) is 14.9 Å². The van der Waals surface area contributed by atoms with Gasteiger partial charge in [-0.1, -0.05) is 0 Å². The first-order valence-electron chi connectivity index (χ1n) is 4.26. The van der Waals surface area contributed by atoms with Crippen LogP contribution >= 0.6 is 11.6 Å². The van der Waals surface area contributed by atoms with Crippen molar-refractivity contribution in [1.29, 1.82) is 0 Å². The normalized spacial score (nSPS) is 9.62. The molecule has 0 saturated carbocycles. The van der Waals surface area contributed by atoms with Crippen LogP contribution in [-0.4, -0.2) is 23.8 Å². The van der Waals surface area contributed by atoms with Crippen molar-refractivity contribution in [3.63, 3.8) is 0 Å². The summed E-state index contributed by atoms with van der Waals surface area (Å²) in [7, 11) is 1.40. The number of rotatable bonds is 4. The van der Waals surface area contributed by atoms with E-state index in [9.17, 15) is 14.9 Å². The number of ether oxygens (including phenoxy) is 1. The highest BCUT2D eigenvalue weighted by Gasteiger charge is 2.12. The number of nitro benzene ring substituents is 1. The monoisotopic (exact) mass is 244 g/mol. The minimum atomic E-state index is -0.560. The number of halogens is 1. The maximum Gasteiger partial charge on any atom is 0.271 e. The molecule has 0 radical (unpaired) electrons. The minimum Gasteiger partial charge on any atom is -0.495 e. The molecule has 1 aromatic rings. The third-order valence-electron chi connectivity index (χ3n) is 1.79. The Morgan fingerprint density at radius 3 is 2.81 bits per heavy atom. The second-order valence-electron chi connectivity index (χ2n) is 2.82. The summed E-state index contributed by atoms with van der Waals surface area (Å²) in [6.07, 6.45) is 0. The SMILES string of the molecule is COc1ccc([N+](=O)[O-])cc1NC(=O)CCl. The van der Waals surface area contributed by atoms with Crippen molar-refractivity contribution in [3.8, 4) is 5.75 Å². The van der Waals surface area contributed by atoms with Crippen molar-refractivity contribution in [2.75, 3.05) is 18.3 Å². The number of non-ortho nitro benzene ring substituents is 1. The van der Waals surface area contributed by atoms with E-state index in [1.807, 2.05) is 0 Å². The molecule has 7 heteroatoms. The van der Waals surface area contributed by atoms with Crippen LogP contribution in [0.15, 0.2) is 18.2 Å². The standard InChI is InChI=1S/C9H9ClN2O4/c1-16-8-3-2-6(12(14)15)4-7(8)11-9(13)5-10/h2-4H,5H2,1H3,(H,11,13). The molecule has 16 heavy (non-hydrogen) atoms. The van der Waals surface area contributed by atoms with Crippen LogP contribution in [0.25, 0.3) is 0 Å². The fourth-order valence-corrected chi connectivity index (χ4v) is 1.16. The van der Waals surface area contributed by atoms with E-state index in [1.165, 1.54) is 25.3 Å². The van der Waals surface area contributed by atoms with Gasteiger partial charge in [0.2, 0.25) is 5.91 Å². The number of nitro groups is 1. The van der Waals surface area contributed by atoms with Crippen LogP contribution in [0.2, 0.25) is 0 Å². The molecule has 1 aromatic carbocycles. The van der Waals surface area contributed by atoms with E-state index >= 15 is 0 Å². The number of carbonyl (C=O) groups excluding carboxylic acids is 1. The van der Waals surface area contributed by atoms with Gasteiger partial charge in [0.25, 0.3) is 5.69 Å². The van der Waals surface area contributed by atoms with Crippen molar-refractivity contribution in [2.24, 2.45) is 0 Å². The zero-order valence-electron chi connectivity index (χ0n) is 8.40. The molecule has 0 heterocycles. The zero-order chi connectivity index (χ0) is 12.1. The van der Waals surface area contributed by atoms with Gasteiger partial charge < -0.3 is 10.1 Å². The smallest absolute Gasteiger partial charge is 0.271 e. The molecule has 6 nitrogen and oxygen atoms in total. The first kappa shape index (κ1) is 12.3. The quantitative estimate of drug-likeness (QED) is 0.497. The van der Waals surface area contributed by atoms with Crippen LogP contribution in [0.5, 0.6) is 5.75 Å². The van der Waals surface area contributed by atoms with Crippen molar-refractivity contribution < 1.29 is 14.5 Å². The van der Waals surface area contributed by atoms with E-state index in [2.05, 4.69) is 5.32 Å². The topological polar surface area (TPSA) is 81.5 Å². The Hall–Kier alpha value is -1.82. The minimum absolute atomic E-state index is 0.134. The van der Waals surface area contributed by atoms with Crippen LogP contribution < -0.4 is 10.1 Å². The third-order valence-corrected chi connectivity index (χ3v) is 2.03. The maximum atomic E-state index is 11.1. The van der Waals surface area contributed by atoms with Crippen LogP contribution in [0.1, 0.15) is 0 Å². The second-order valence-corrected chi connectivity index (χ2v) is 3.09. The number of alkyl halides is 1. The number of nitrogens with one attached hydrogen (secondary N) is 1. The Morgan fingerprint density at radius 2 is 2.31 bits per heavy atom. The Balaban J connectivity index is 3.06. The van der Waals surface area contributed by atoms with Crippen LogP contribution in [0, 0.1) is 10.1 Å². The molecule has 1 amide bonds. The Labute approximate surface area is 96.3 Å². The summed E-state index contributed by atoms with van der Waals surface area (Å²) in [6.45, 7) is 0. The molecule has 0 bridgehead atoms. The lowest BCUT2D eigenvalue weighted by Crippen LogP contribution is -2.13. The molecule has 0 fully saturated rings. The second kappa shape index (κ2) is 5.32. The number of hydrogen-bond acceptors (Lipinski definition) is 4. The average molecular weight is 245 g/mol. The summed E-state index contributed by atoms with van der Waals surface area (Å²) in [5.41, 5.74) is 0.0908. The van der Waals surface area contributed by atoms with Crippen molar-refractivity contribution in [3.05, 3.63) is 28.3 Å². The Morgan fingerprint density at radius 1 is 1.62 bits per heavy atom. The lowest BCUT2D eigenvalue weighted by atomic mass is 10.2. The number of amides is 1. The predicted octanol–water partition coefficient (Wildman–Crippen LogP) is 1.78. The van der Waals surface area contributed by atoms with Crippen LogP contribution in [0.4, 0.5) is 11.4 Å². The molecule has 0 aromatic heterocycles. The van der Waals surface area contributed by atoms with Crippen LogP contribution in [0.3, 0.4) is 0 Å². The molecule has 0 aliphatic carbocycles. The fourth-order valence-electron chi connectivity index (χ4n) is 1.09. The van der Waals surface area contributed by atoms with E-state index in [0.29, 0.717) is 5.75 Å². The molecule has 86 valence electrons. The fraction of sp³-hybridized carbons (Fsp3) is 0.222. The predicted molar refractivity (Wildman–Crippen MR) is 59.0 cm³/mol. The lowest BCUT2D eigenvalue weighted by molar-refractivity contribution is -0.384. The molecular formula is C9H9ClN2O4. The van der Waals surface area contributed by atoms with Gasteiger partial charge >= 0.3 is 0 Å². The molecule has 0 atom stereocenters. The first-order chi connectivity index (χ1) is 7.58. The maximum absolute atomic E-state index is 11.1. The Kier molecular flexibility index (Phi) is 4.07. The largest absolute Gasteiger partial charge is 0.495 e. The molecule has 0 saturated heterocycles. The molecule has 0 aliphatic heterocycles. The van der Waals surface area contributed by atoms with Crippen molar-refractivity contribution >= 4 is 28.9 Å². The average Bonchev–Trinajstić information content (AvgIpc) is 2.28. The molecule has 1 rings (SSSR count). The highest BCUT2D eigenvalue weighted by Crippen LogP contribution is 2.28. The number of nitrogens with zero attached hydrogens (tertiary/aromatic N) is 1. The summed E-state index contributed by atoms with van der Waals surface area (Å²) < 4.78 is 4.95. The van der Waals surface area contributed by atoms with Gasteiger partial charge in [0.05, 0.1) is 17.7 Å². The first-order valence-corrected chi connectivity index (χ1v) is 4.80. The number of carbonyl (C=O) groups is 1. The lowest BCUT2D eigenvalue weighted by Gasteiger charge is -2.08.